The first-order valence-corrected chi connectivity index (χ1v) is 11.6. The fourth-order valence-electron chi connectivity index (χ4n) is 3.44. The van der Waals surface area contributed by atoms with Crippen LogP contribution in [0.3, 0.4) is 0 Å². The molecule has 1 aliphatic carbocycles. The molecule has 0 aromatic heterocycles. The maximum atomic E-state index is 12.6. The summed E-state index contributed by atoms with van der Waals surface area (Å²) < 4.78 is 12.1. The molecule has 0 N–H and O–H groups in total. The lowest BCUT2D eigenvalue weighted by Crippen LogP contribution is -2.43. The number of benzene rings is 1. The lowest BCUT2D eigenvalue weighted by molar-refractivity contribution is -0.157. The molecule has 0 aliphatic heterocycles. The molecule has 0 saturated carbocycles. The standard InChI is InChI=1S/C19H30O3Si/c1-5-18(22-23(6-2,7-3)8-4)19(20)21-17-13-15-11-9-10-12-16(15)14-17/h9-12,17-18H,5-8,13-14H2,1-4H3. The van der Waals surface area contributed by atoms with Gasteiger partial charge in [0.15, 0.2) is 8.32 Å². The van der Waals surface area contributed by atoms with Crippen molar-refractivity contribution >= 4 is 14.3 Å². The molecule has 23 heavy (non-hydrogen) atoms. The average Bonchev–Trinajstić information content (AvgIpc) is 2.99. The number of esters is 1. The molecule has 0 bridgehead atoms. The van der Waals surface area contributed by atoms with Crippen LogP contribution in [0.15, 0.2) is 24.3 Å². The van der Waals surface area contributed by atoms with E-state index >= 15 is 0 Å². The summed E-state index contributed by atoms with van der Waals surface area (Å²) in [5.41, 5.74) is 2.61. The summed E-state index contributed by atoms with van der Waals surface area (Å²) in [6, 6.07) is 11.5. The number of fused-ring (bicyclic) bond motifs is 1. The first-order valence-electron chi connectivity index (χ1n) is 9.02. The number of hydrogen-bond acceptors (Lipinski definition) is 3. The Morgan fingerprint density at radius 1 is 1.09 bits per heavy atom. The number of carbonyl (C=O) groups is 1. The Balaban J connectivity index is 1.96. The highest BCUT2D eigenvalue weighted by Crippen LogP contribution is 2.27. The van der Waals surface area contributed by atoms with E-state index < -0.39 is 14.4 Å². The largest absolute Gasteiger partial charge is 0.460 e. The van der Waals surface area contributed by atoms with Gasteiger partial charge in [-0.2, -0.15) is 0 Å². The molecule has 1 aliphatic rings. The first kappa shape index (κ1) is 18.2. The molecule has 4 heteroatoms. The minimum absolute atomic E-state index is 0.0292. The monoisotopic (exact) mass is 334 g/mol. The van der Waals surface area contributed by atoms with Crippen LogP contribution in [0.4, 0.5) is 0 Å². The van der Waals surface area contributed by atoms with Crippen LogP contribution in [0, 0.1) is 0 Å². The van der Waals surface area contributed by atoms with E-state index in [9.17, 15) is 4.79 Å². The van der Waals surface area contributed by atoms with E-state index in [4.69, 9.17) is 9.16 Å². The van der Waals surface area contributed by atoms with Crippen LogP contribution in [0.25, 0.3) is 0 Å². The molecule has 1 atom stereocenters. The molecular weight excluding hydrogens is 304 g/mol. The summed E-state index contributed by atoms with van der Waals surface area (Å²) >= 11 is 0. The molecule has 2 rings (SSSR count). The second-order valence-electron chi connectivity index (χ2n) is 6.49. The lowest BCUT2D eigenvalue weighted by atomic mass is 10.1. The third-order valence-electron chi connectivity index (χ3n) is 5.26. The molecule has 0 amide bonds. The molecule has 3 nitrogen and oxygen atoms in total. The van der Waals surface area contributed by atoms with Crippen molar-refractivity contribution in [3.05, 3.63) is 35.4 Å². The van der Waals surface area contributed by atoms with Gasteiger partial charge in [-0.25, -0.2) is 4.79 Å². The SMILES string of the molecule is CCC(O[Si](CC)(CC)CC)C(=O)OC1Cc2ccccc2C1. The van der Waals surface area contributed by atoms with Crippen molar-refractivity contribution in [2.24, 2.45) is 0 Å². The third-order valence-corrected chi connectivity index (χ3v) is 9.91. The van der Waals surface area contributed by atoms with E-state index in [1.165, 1.54) is 11.1 Å². The van der Waals surface area contributed by atoms with E-state index in [2.05, 4.69) is 32.9 Å². The van der Waals surface area contributed by atoms with Crippen molar-refractivity contribution in [1.82, 2.24) is 0 Å². The van der Waals surface area contributed by atoms with Crippen molar-refractivity contribution in [2.45, 2.75) is 77.3 Å². The van der Waals surface area contributed by atoms with Crippen LogP contribution in [-0.4, -0.2) is 26.5 Å². The maximum absolute atomic E-state index is 12.6. The average molecular weight is 335 g/mol. The number of rotatable bonds is 8. The fraction of sp³-hybridized carbons (Fsp3) is 0.632. The second-order valence-corrected chi connectivity index (χ2v) is 11.2. The molecular formula is C19H30O3Si. The zero-order valence-corrected chi connectivity index (χ0v) is 15.9. The minimum Gasteiger partial charge on any atom is -0.460 e. The predicted molar refractivity (Wildman–Crippen MR) is 96.1 cm³/mol. The van der Waals surface area contributed by atoms with Gasteiger partial charge in [-0.1, -0.05) is 52.0 Å². The maximum Gasteiger partial charge on any atom is 0.334 e. The van der Waals surface area contributed by atoms with Gasteiger partial charge < -0.3 is 9.16 Å². The molecule has 0 radical (unpaired) electrons. The predicted octanol–water partition coefficient (Wildman–Crippen LogP) is 4.50. The summed E-state index contributed by atoms with van der Waals surface area (Å²) in [5.74, 6) is -0.169. The van der Waals surface area contributed by atoms with Crippen LogP contribution >= 0.6 is 0 Å². The van der Waals surface area contributed by atoms with E-state index in [-0.39, 0.29) is 12.1 Å². The van der Waals surface area contributed by atoms with Crippen LogP contribution in [-0.2, 0) is 26.8 Å². The lowest BCUT2D eigenvalue weighted by Gasteiger charge is -2.32. The Bertz CT molecular complexity index is 492. The van der Waals surface area contributed by atoms with E-state index in [0.717, 1.165) is 31.0 Å². The van der Waals surface area contributed by atoms with Crippen LogP contribution in [0.5, 0.6) is 0 Å². The summed E-state index contributed by atoms with van der Waals surface area (Å²) in [7, 11) is -1.78. The first-order chi connectivity index (χ1) is 11.1. The molecule has 1 aromatic rings. The topological polar surface area (TPSA) is 35.5 Å². The van der Waals surface area contributed by atoms with Gasteiger partial charge in [0, 0.05) is 12.8 Å². The number of hydrogen-bond donors (Lipinski definition) is 0. The third kappa shape index (κ3) is 4.24. The molecule has 128 valence electrons. The van der Waals surface area contributed by atoms with E-state index in [1.54, 1.807) is 0 Å². The Labute approximate surface area is 141 Å². The van der Waals surface area contributed by atoms with Crippen molar-refractivity contribution in [3.63, 3.8) is 0 Å². The highest BCUT2D eigenvalue weighted by atomic mass is 28.4. The van der Waals surface area contributed by atoms with Gasteiger partial charge in [0.25, 0.3) is 0 Å². The Kier molecular flexibility index (Phi) is 6.42. The van der Waals surface area contributed by atoms with Crippen molar-refractivity contribution in [2.75, 3.05) is 0 Å². The number of ether oxygens (including phenoxy) is 1. The molecule has 0 saturated heterocycles. The summed E-state index contributed by atoms with van der Waals surface area (Å²) in [4.78, 5) is 12.6. The molecule has 0 heterocycles. The molecule has 0 fully saturated rings. The van der Waals surface area contributed by atoms with Gasteiger partial charge in [-0.3, -0.25) is 0 Å². The normalized spacial score (nSPS) is 16.2. The smallest absolute Gasteiger partial charge is 0.334 e. The van der Waals surface area contributed by atoms with Gasteiger partial charge in [-0.15, -0.1) is 0 Å². The van der Waals surface area contributed by atoms with Crippen LogP contribution < -0.4 is 0 Å². The van der Waals surface area contributed by atoms with Gasteiger partial charge >= 0.3 is 5.97 Å². The van der Waals surface area contributed by atoms with Gasteiger partial charge in [0.1, 0.15) is 12.2 Å². The summed E-state index contributed by atoms with van der Waals surface area (Å²) in [5, 5.41) is 0. The van der Waals surface area contributed by atoms with Gasteiger partial charge in [0.2, 0.25) is 0 Å². The van der Waals surface area contributed by atoms with Gasteiger partial charge in [-0.05, 0) is 35.7 Å². The van der Waals surface area contributed by atoms with Crippen molar-refractivity contribution in [1.29, 1.82) is 0 Å². The quantitative estimate of drug-likeness (QED) is 0.519. The highest BCUT2D eigenvalue weighted by molar-refractivity contribution is 6.73. The zero-order valence-electron chi connectivity index (χ0n) is 14.9. The van der Waals surface area contributed by atoms with Crippen LogP contribution in [0.2, 0.25) is 18.1 Å². The minimum atomic E-state index is -1.78. The van der Waals surface area contributed by atoms with Gasteiger partial charge in [0.05, 0.1) is 0 Å². The highest BCUT2D eigenvalue weighted by Gasteiger charge is 2.36. The molecule has 1 unspecified atom stereocenters. The molecule has 0 spiro atoms. The number of carbonyl (C=O) groups excluding carboxylic acids is 1. The zero-order chi connectivity index (χ0) is 16.9. The summed E-state index contributed by atoms with van der Waals surface area (Å²) in [6.45, 7) is 8.57. The Morgan fingerprint density at radius 3 is 2.04 bits per heavy atom. The van der Waals surface area contributed by atoms with E-state index in [0.29, 0.717) is 6.42 Å². The van der Waals surface area contributed by atoms with Crippen molar-refractivity contribution < 1.29 is 14.0 Å². The second kappa shape index (κ2) is 8.11. The Morgan fingerprint density at radius 2 is 1.61 bits per heavy atom. The summed E-state index contributed by atoms with van der Waals surface area (Å²) in [6.07, 6.45) is 1.92. The Hall–Kier alpha value is -1.13. The van der Waals surface area contributed by atoms with Crippen LogP contribution in [0.1, 0.15) is 45.2 Å². The fourth-order valence-corrected chi connectivity index (χ4v) is 6.31. The van der Waals surface area contributed by atoms with Crippen molar-refractivity contribution in [3.8, 4) is 0 Å². The molecule has 1 aromatic carbocycles. The van der Waals surface area contributed by atoms with E-state index in [1.807, 2.05) is 19.1 Å².